The van der Waals surface area contributed by atoms with E-state index in [0.717, 1.165) is 31.6 Å². The van der Waals surface area contributed by atoms with Crippen LogP contribution in [0.15, 0.2) is 24.3 Å². The highest BCUT2D eigenvalue weighted by molar-refractivity contribution is 5.73. The Balaban J connectivity index is 1.37. The lowest BCUT2D eigenvalue weighted by Gasteiger charge is -2.58. The molecule has 3 saturated carbocycles. The molecule has 10 heteroatoms. The molecule has 1 heterocycles. The first-order valence-electron chi connectivity index (χ1n) is 17.7. The second-order valence-electron chi connectivity index (χ2n) is 15.1. The molecule has 1 aliphatic heterocycles. The average molecular weight is 658 g/mol. The number of allylic oxidation sites excluding steroid dienone is 2. The summed E-state index contributed by atoms with van der Waals surface area (Å²) in [4.78, 5) is 49.2. The maximum Gasteiger partial charge on any atom is 0.305 e. The summed E-state index contributed by atoms with van der Waals surface area (Å²) < 4.78 is 29.8. The molecular formula is C37H55NO9. The van der Waals surface area contributed by atoms with Crippen LogP contribution in [0.5, 0.6) is 0 Å². The van der Waals surface area contributed by atoms with E-state index in [1.807, 2.05) is 6.92 Å². The Kier molecular flexibility index (Phi) is 10.9. The van der Waals surface area contributed by atoms with Crippen molar-refractivity contribution in [1.29, 1.82) is 0 Å². The monoisotopic (exact) mass is 657 g/mol. The molecule has 5 rings (SSSR count). The minimum atomic E-state index is -1.14. The van der Waals surface area contributed by atoms with Gasteiger partial charge in [-0.2, -0.15) is 0 Å². The third kappa shape index (κ3) is 7.19. The first-order valence-corrected chi connectivity index (χ1v) is 17.7. The number of carbonyl (C=O) groups excluding carboxylic acids is 4. The summed E-state index contributed by atoms with van der Waals surface area (Å²) in [5, 5.41) is 2.83. The van der Waals surface area contributed by atoms with E-state index in [2.05, 4.69) is 37.9 Å². The van der Waals surface area contributed by atoms with E-state index < -0.39 is 48.6 Å². The highest BCUT2D eigenvalue weighted by atomic mass is 16.7. The number of nitrogens with one attached hydrogen (secondary N) is 1. The molecule has 10 nitrogen and oxygen atoms in total. The van der Waals surface area contributed by atoms with Gasteiger partial charge >= 0.3 is 17.9 Å². The third-order valence-corrected chi connectivity index (χ3v) is 12.2. The minimum absolute atomic E-state index is 0.109. The fourth-order valence-electron chi connectivity index (χ4n) is 10.0. The summed E-state index contributed by atoms with van der Waals surface area (Å²) in [6, 6.07) is -0.961. The molecule has 5 aliphatic rings. The van der Waals surface area contributed by atoms with Crippen molar-refractivity contribution in [2.45, 2.75) is 142 Å². The van der Waals surface area contributed by atoms with E-state index in [1.165, 1.54) is 52.0 Å². The van der Waals surface area contributed by atoms with E-state index >= 15 is 0 Å². The van der Waals surface area contributed by atoms with E-state index in [0.29, 0.717) is 29.6 Å². The molecule has 0 aromatic heterocycles. The summed E-state index contributed by atoms with van der Waals surface area (Å²) in [7, 11) is 0. The Morgan fingerprint density at radius 2 is 1.72 bits per heavy atom. The van der Waals surface area contributed by atoms with Crippen molar-refractivity contribution in [1.82, 2.24) is 5.32 Å². The third-order valence-electron chi connectivity index (χ3n) is 12.2. The van der Waals surface area contributed by atoms with Crippen LogP contribution in [0, 0.1) is 34.5 Å². The Hall–Kier alpha value is -2.72. The Morgan fingerprint density at radius 1 is 1.00 bits per heavy atom. The van der Waals surface area contributed by atoms with Gasteiger partial charge in [0.1, 0.15) is 18.8 Å². The van der Waals surface area contributed by atoms with Gasteiger partial charge in [0.15, 0.2) is 18.5 Å². The zero-order valence-corrected chi connectivity index (χ0v) is 29.1. The molecule has 0 aromatic rings. The molecule has 1 amide bonds. The normalized spacial score (nSPS) is 40.9. The standard InChI is InChI=1S/C37H55NO9/c1-8-10-31(42)43-20-30-33(44-22(4)40)34(45-23(5)41)32(38-21(3)39)35(47-30)46-26-15-17-37(7)25(19-26)11-13-27-28-14-12-24(9-2)36(28,6)18-16-29(27)37/h9,11,24,26-30,32-35H,2,8,10,12-20H2,1,3-7H3,(H,38,39)/t24-,26?,27-,28-,29-,30?,32?,33?,34?,35?,36+,37-/m0/s1. The van der Waals surface area contributed by atoms with Crippen molar-refractivity contribution in [3.05, 3.63) is 24.3 Å². The zero-order valence-electron chi connectivity index (χ0n) is 29.1. The Labute approximate surface area is 279 Å². The average Bonchev–Trinajstić information content (AvgIpc) is 3.35. The van der Waals surface area contributed by atoms with E-state index in [9.17, 15) is 19.2 Å². The smallest absolute Gasteiger partial charge is 0.305 e. The van der Waals surface area contributed by atoms with Crippen molar-refractivity contribution in [2.75, 3.05) is 6.61 Å². The van der Waals surface area contributed by atoms with Gasteiger partial charge in [0.2, 0.25) is 5.91 Å². The van der Waals surface area contributed by atoms with Crippen LogP contribution in [0.2, 0.25) is 0 Å². The van der Waals surface area contributed by atoms with Crippen LogP contribution in [-0.4, -0.2) is 67.2 Å². The summed E-state index contributed by atoms with van der Waals surface area (Å²) in [6.45, 7) is 14.6. The lowest BCUT2D eigenvalue weighted by Crippen LogP contribution is -2.67. The molecule has 0 aromatic carbocycles. The second kappa shape index (κ2) is 14.4. The molecule has 47 heavy (non-hydrogen) atoms. The summed E-state index contributed by atoms with van der Waals surface area (Å²) in [6.07, 6.45) is 9.66. The minimum Gasteiger partial charge on any atom is -0.463 e. The molecule has 4 fully saturated rings. The van der Waals surface area contributed by atoms with Crippen LogP contribution >= 0.6 is 0 Å². The van der Waals surface area contributed by atoms with Crippen LogP contribution < -0.4 is 5.32 Å². The Morgan fingerprint density at radius 3 is 2.38 bits per heavy atom. The number of esters is 3. The van der Waals surface area contributed by atoms with Gasteiger partial charge in [0, 0.05) is 27.2 Å². The van der Waals surface area contributed by atoms with Crippen molar-refractivity contribution >= 4 is 23.8 Å². The molecule has 12 atom stereocenters. The molecule has 1 N–H and O–H groups in total. The summed E-state index contributed by atoms with van der Waals surface area (Å²) in [5.74, 6) is 0.620. The number of fused-ring (bicyclic) bond motifs is 5. The second-order valence-corrected chi connectivity index (χ2v) is 15.1. The van der Waals surface area contributed by atoms with Crippen LogP contribution in [0.25, 0.3) is 0 Å². The number of hydrogen-bond donors (Lipinski definition) is 1. The van der Waals surface area contributed by atoms with Crippen LogP contribution in [-0.2, 0) is 42.9 Å². The Bertz CT molecular complexity index is 1250. The number of rotatable bonds is 10. The molecule has 6 unspecified atom stereocenters. The molecule has 0 radical (unpaired) electrons. The number of amides is 1. The van der Waals surface area contributed by atoms with Gasteiger partial charge in [0.25, 0.3) is 0 Å². The van der Waals surface area contributed by atoms with E-state index in [4.69, 9.17) is 23.7 Å². The number of hydrogen-bond acceptors (Lipinski definition) is 9. The van der Waals surface area contributed by atoms with Gasteiger partial charge in [-0.1, -0.05) is 38.5 Å². The van der Waals surface area contributed by atoms with Crippen LogP contribution in [0.3, 0.4) is 0 Å². The molecule has 262 valence electrons. The number of carbonyl (C=O) groups is 4. The van der Waals surface area contributed by atoms with Crippen molar-refractivity contribution in [3.8, 4) is 0 Å². The van der Waals surface area contributed by atoms with Crippen LogP contribution in [0.4, 0.5) is 0 Å². The fraction of sp³-hybridized carbons (Fsp3) is 0.784. The van der Waals surface area contributed by atoms with E-state index in [1.54, 1.807) is 0 Å². The van der Waals surface area contributed by atoms with Crippen molar-refractivity contribution in [3.63, 3.8) is 0 Å². The lowest BCUT2D eigenvalue weighted by atomic mass is 9.47. The quantitative estimate of drug-likeness (QED) is 0.182. The maximum atomic E-state index is 12.4. The predicted molar refractivity (Wildman–Crippen MR) is 174 cm³/mol. The first-order chi connectivity index (χ1) is 22.3. The summed E-state index contributed by atoms with van der Waals surface area (Å²) >= 11 is 0. The SMILES string of the molecule is C=C[C@H]1CC[C@H]2[C@@H]3CC=C4CC(OC5OC(COC(=O)CCC)C(OC(C)=O)C(OC(C)=O)C5NC(C)=O)CC[C@]4(C)[C@H]3CC[C@]12C. The highest BCUT2D eigenvalue weighted by Crippen LogP contribution is 2.66. The van der Waals surface area contributed by atoms with Gasteiger partial charge in [-0.15, -0.1) is 6.58 Å². The predicted octanol–water partition coefficient (Wildman–Crippen LogP) is 5.57. The van der Waals surface area contributed by atoms with E-state index in [-0.39, 0.29) is 30.5 Å². The van der Waals surface area contributed by atoms with Crippen molar-refractivity contribution < 1.29 is 42.9 Å². The molecule has 0 spiro atoms. The maximum absolute atomic E-state index is 12.4. The topological polar surface area (TPSA) is 126 Å². The lowest BCUT2D eigenvalue weighted by molar-refractivity contribution is -0.289. The molecular weight excluding hydrogens is 602 g/mol. The fourth-order valence-corrected chi connectivity index (χ4v) is 10.0. The molecule has 0 bridgehead atoms. The van der Waals surface area contributed by atoms with Crippen LogP contribution in [0.1, 0.15) is 106 Å². The van der Waals surface area contributed by atoms with Gasteiger partial charge in [0.05, 0.1) is 6.10 Å². The highest BCUT2D eigenvalue weighted by Gasteiger charge is 2.59. The number of ether oxygens (including phenoxy) is 5. The largest absolute Gasteiger partial charge is 0.463 e. The van der Waals surface area contributed by atoms with Gasteiger partial charge in [-0.05, 0) is 92.3 Å². The first kappa shape index (κ1) is 35.6. The molecule has 4 aliphatic carbocycles. The van der Waals surface area contributed by atoms with Gasteiger partial charge in [-0.3, -0.25) is 19.2 Å². The summed E-state index contributed by atoms with van der Waals surface area (Å²) in [5.41, 5.74) is 1.90. The van der Waals surface area contributed by atoms with Gasteiger partial charge in [-0.25, -0.2) is 0 Å². The van der Waals surface area contributed by atoms with Crippen molar-refractivity contribution in [2.24, 2.45) is 34.5 Å². The van der Waals surface area contributed by atoms with Gasteiger partial charge < -0.3 is 29.0 Å². The molecule has 1 saturated heterocycles. The zero-order chi connectivity index (χ0) is 34.1.